The van der Waals surface area contributed by atoms with E-state index < -0.39 is 10.8 Å². The fraction of sp³-hybridized carbons (Fsp3) is 0.917. The summed E-state index contributed by atoms with van der Waals surface area (Å²) in [6, 6.07) is 0.325. The largest absolute Gasteiger partial charge is 0.379 e. The fourth-order valence-electron chi connectivity index (χ4n) is 2.52. The summed E-state index contributed by atoms with van der Waals surface area (Å²) in [6.45, 7) is 3.99. The first-order valence-corrected chi connectivity index (χ1v) is 8.16. The van der Waals surface area contributed by atoms with Gasteiger partial charge in [-0.15, -0.1) is 0 Å². The summed E-state index contributed by atoms with van der Waals surface area (Å²) in [5.74, 6) is 1.42. The molecule has 2 saturated heterocycles. The van der Waals surface area contributed by atoms with E-state index in [0.29, 0.717) is 24.7 Å². The molecule has 0 aromatic heterocycles. The summed E-state index contributed by atoms with van der Waals surface area (Å²) in [5, 5.41) is 6.36. The number of rotatable bonds is 4. The third-order valence-corrected chi connectivity index (χ3v) is 5.00. The minimum Gasteiger partial charge on any atom is -0.379 e. The molecular weight excluding hydrogens is 252 g/mol. The number of hydrogen-bond acceptors (Lipinski definition) is 4. The van der Waals surface area contributed by atoms with E-state index in [1.54, 1.807) is 0 Å². The maximum absolute atomic E-state index is 12.2. The van der Waals surface area contributed by atoms with E-state index >= 15 is 0 Å². The van der Waals surface area contributed by atoms with Crippen LogP contribution in [0.1, 0.15) is 19.8 Å². The van der Waals surface area contributed by atoms with Crippen molar-refractivity contribution >= 4 is 16.7 Å². The monoisotopic (exact) mass is 274 g/mol. The molecule has 18 heavy (non-hydrogen) atoms. The van der Waals surface area contributed by atoms with Gasteiger partial charge in [-0.3, -0.25) is 9.00 Å². The molecule has 1 amide bonds. The van der Waals surface area contributed by atoms with Gasteiger partial charge in [-0.25, -0.2) is 0 Å². The Labute approximate surface area is 110 Å². The van der Waals surface area contributed by atoms with Gasteiger partial charge >= 0.3 is 0 Å². The van der Waals surface area contributed by atoms with Crippen molar-refractivity contribution in [3.8, 4) is 0 Å². The second-order valence-corrected chi connectivity index (χ2v) is 6.64. The standard InChI is InChI=1S/C12H22N2O3S/c1-2-13-11-8-17-7-10(11)12(15)14-9-3-5-18(16)6-4-9/h9-11,13H,2-8H2,1H3,(H,14,15). The SMILES string of the molecule is CCNC1COCC1C(=O)NC1CCS(=O)CC1. The Balaban J connectivity index is 1.81. The van der Waals surface area contributed by atoms with E-state index in [4.69, 9.17) is 4.74 Å². The maximum Gasteiger partial charge on any atom is 0.227 e. The smallest absolute Gasteiger partial charge is 0.227 e. The van der Waals surface area contributed by atoms with Gasteiger partial charge in [0, 0.05) is 34.4 Å². The van der Waals surface area contributed by atoms with Gasteiger partial charge < -0.3 is 15.4 Å². The lowest BCUT2D eigenvalue weighted by molar-refractivity contribution is -0.126. The highest BCUT2D eigenvalue weighted by Gasteiger charge is 2.34. The fourth-order valence-corrected chi connectivity index (χ4v) is 3.82. The van der Waals surface area contributed by atoms with Gasteiger partial charge in [-0.1, -0.05) is 6.92 Å². The van der Waals surface area contributed by atoms with Crippen molar-refractivity contribution in [3.63, 3.8) is 0 Å². The van der Waals surface area contributed by atoms with Crippen molar-refractivity contribution < 1.29 is 13.7 Å². The zero-order valence-corrected chi connectivity index (χ0v) is 11.6. The highest BCUT2D eigenvalue weighted by Crippen LogP contribution is 2.16. The first-order chi connectivity index (χ1) is 8.70. The lowest BCUT2D eigenvalue weighted by atomic mass is 10.0. The van der Waals surface area contributed by atoms with Crippen LogP contribution in [0.5, 0.6) is 0 Å². The Kier molecular flexibility index (Phi) is 5.14. The molecule has 2 N–H and O–H groups in total. The zero-order chi connectivity index (χ0) is 13.0. The molecule has 0 aromatic carbocycles. The number of ether oxygens (including phenoxy) is 1. The van der Waals surface area contributed by atoms with Gasteiger partial charge in [0.15, 0.2) is 0 Å². The number of carbonyl (C=O) groups excluding carboxylic acids is 1. The highest BCUT2D eigenvalue weighted by molar-refractivity contribution is 7.85. The molecule has 0 aliphatic carbocycles. The molecule has 2 unspecified atom stereocenters. The Morgan fingerprint density at radius 1 is 1.33 bits per heavy atom. The Morgan fingerprint density at radius 2 is 2.06 bits per heavy atom. The number of likely N-dealkylation sites (N-methyl/N-ethyl adjacent to an activating group) is 1. The zero-order valence-electron chi connectivity index (χ0n) is 10.8. The van der Waals surface area contributed by atoms with Crippen LogP contribution >= 0.6 is 0 Å². The second kappa shape index (κ2) is 6.63. The molecule has 2 aliphatic rings. The van der Waals surface area contributed by atoms with Crippen molar-refractivity contribution in [3.05, 3.63) is 0 Å². The Hall–Kier alpha value is -0.460. The van der Waals surface area contributed by atoms with E-state index in [1.165, 1.54) is 0 Å². The van der Waals surface area contributed by atoms with Gasteiger partial charge in [0.2, 0.25) is 5.91 Å². The first kappa shape index (κ1) is 14.0. The van der Waals surface area contributed by atoms with E-state index in [9.17, 15) is 9.00 Å². The third-order valence-electron chi connectivity index (χ3n) is 3.62. The molecule has 0 radical (unpaired) electrons. The maximum atomic E-state index is 12.2. The van der Waals surface area contributed by atoms with E-state index in [0.717, 1.165) is 19.4 Å². The molecule has 2 atom stereocenters. The lowest BCUT2D eigenvalue weighted by Crippen LogP contribution is -2.48. The molecule has 2 heterocycles. The summed E-state index contributed by atoms with van der Waals surface area (Å²) >= 11 is 0. The summed E-state index contributed by atoms with van der Waals surface area (Å²) < 4.78 is 16.6. The highest BCUT2D eigenvalue weighted by atomic mass is 32.2. The molecular formula is C12H22N2O3S. The molecule has 2 rings (SSSR count). The second-order valence-electron chi connectivity index (χ2n) is 4.94. The summed E-state index contributed by atoms with van der Waals surface area (Å²) in [7, 11) is -0.676. The predicted molar refractivity (Wildman–Crippen MR) is 70.8 cm³/mol. The van der Waals surface area contributed by atoms with Gasteiger partial charge in [-0.2, -0.15) is 0 Å². The van der Waals surface area contributed by atoms with Crippen LogP contribution in [-0.4, -0.2) is 53.5 Å². The Morgan fingerprint density at radius 3 is 2.72 bits per heavy atom. The van der Waals surface area contributed by atoms with E-state index in [2.05, 4.69) is 10.6 Å². The van der Waals surface area contributed by atoms with Crippen LogP contribution in [0.25, 0.3) is 0 Å². The molecule has 2 fully saturated rings. The van der Waals surface area contributed by atoms with Crippen LogP contribution in [-0.2, 0) is 20.3 Å². The summed E-state index contributed by atoms with van der Waals surface area (Å²) in [5.41, 5.74) is 0. The van der Waals surface area contributed by atoms with E-state index in [1.807, 2.05) is 6.92 Å². The van der Waals surface area contributed by atoms with Crippen LogP contribution in [0.4, 0.5) is 0 Å². The van der Waals surface area contributed by atoms with Crippen LogP contribution in [0.3, 0.4) is 0 Å². The number of hydrogen-bond donors (Lipinski definition) is 2. The van der Waals surface area contributed by atoms with Gasteiger partial charge in [0.1, 0.15) is 0 Å². The van der Waals surface area contributed by atoms with Crippen molar-refractivity contribution in [1.29, 1.82) is 0 Å². The third kappa shape index (κ3) is 3.52. The van der Waals surface area contributed by atoms with Crippen molar-refractivity contribution in [2.75, 3.05) is 31.3 Å². The van der Waals surface area contributed by atoms with Crippen LogP contribution < -0.4 is 10.6 Å². The van der Waals surface area contributed by atoms with Gasteiger partial charge in [0.25, 0.3) is 0 Å². The average molecular weight is 274 g/mol. The first-order valence-electron chi connectivity index (χ1n) is 6.67. The lowest BCUT2D eigenvalue weighted by Gasteiger charge is -2.25. The van der Waals surface area contributed by atoms with E-state index in [-0.39, 0.29) is 23.9 Å². The van der Waals surface area contributed by atoms with Crippen LogP contribution in [0.15, 0.2) is 0 Å². The number of carbonyl (C=O) groups is 1. The molecule has 0 saturated carbocycles. The molecule has 0 bridgehead atoms. The van der Waals surface area contributed by atoms with Gasteiger partial charge in [-0.05, 0) is 19.4 Å². The minimum absolute atomic E-state index is 0.0798. The Bertz CT molecular complexity index is 314. The molecule has 104 valence electrons. The normalized spacial score (nSPS) is 36.5. The van der Waals surface area contributed by atoms with Crippen molar-refractivity contribution in [1.82, 2.24) is 10.6 Å². The average Bonchev–Trinajstić information content (AvgIpc) is 2.81. The predicted octanol–water partition coefficient (Wildman–Crippen LogP) is -0.362. The quantitative estimate of drug-likeness (QED) is 0.734. The summed E-state index contributed by atoms with van der Waals surface area (Å²) in [4.78, 5) is 12.2. The molecule has 0 spiro atoms. The van der Waals surface area contributed by atoms with Gasteiger partial charge in [0.05, 0.1) is 19.1 Å². The summed E-state index contributed by atoms with van der Waals surface area (Å²) in [6.07, 6.45) is 1.66. The molecule has 2 aliphatic heterocycles. The minimum atomic E-state index is -0.676. The molecule has 0 aromatic rings. The molecule has 5 nitrogen and oxygen atoms in total. The number of amides is 1. The van der Waals surface area contributed by atoms with Crippen molar-refractivity contribution in [2.24, 2.45) is 5.92 Å². The van der Waals surface area contributed by atoms with Crippen molar-refractivity contribution in [2.45, 2.75) is 31.8 Å². The van der Waals surface area contributed by atoms with Crippen LogP contribution in [0.2, 0.25) is 0 Å². The molecule has 6 heteroatoms. The number of nitrogens with one attached hydrogen (secondary N) is 2. The topological polar surface area (TPSA) is 67.4 Å². The van der Waals surface area contributed by atoms with Crippen LogP contribution in [0, 0.1) is 5.92 Å².